The van der Waals surface area contributed by atoms with Gasteiger partial charge in [0, 0.05) is 78.8 Å². The smallest absolute Gasteiger partial charge is 0.0942 e. The zero-order chi connectivity index (χ0) is 82.3. The van der Waals surface area contributed by atoms with Crippen LogP contribution in [0.4, 0.5) is 68.2 Å². The first-order chi connectivity index (χ1) is 58.1. The molecule has 0 atom stereocenters. The molecular formula is C114H98N6. The number of hydrogen-bond donors (Lipinski definition) is 0. The number of nitrogens with zero attached hydrogens (tertiary/aromatic N) is 6. The van der Waals surface area contributed by atoms with Gasteiger partial charge in [0.1, 0.15) is 0 Å². The van der Waals surface area contributed by atoms with Crippen LogP contribution < -0.4 is 19.6 Å². The summed E-state index contributed by atoms with van der Waals surface area (Å²) in [5.74, 6) is 0. The van der Waals surface area contributed by atoms with Crippen LogP contribution in [-0.2, 0) is 21.7 Å². The minimum absolute atomic E-state index is 0.0413. The Morgan fingerprint density at radius 1 is 0.175 bits per heavy atom. The maximum absolute atomic E-state index is 4.95. The first-order valence-electron chi connectivity index (χ1n) is 42.1. The third-order valence-corrected chi connectivity index (χ3v) is 24.3. The zero-order valence-corrected chi connectivity index (χ0v) is 70.5. The number of para-hydroxylation sites is 2. The van der Waals surface area contributed by atoms with E-state index in [9.17, 15) is 0 Å². The Bertz CT molecular complexity index is 6690. The lowest BCUT2D eigenvalue weighted by Gasteiger charge is -2.30. The Morgan fingerprint density at radius 3 is 0.683 bits per heavy atom. The van der Waals surface area contributed by atoms with E-state index in [0.29, 0.717) is 0 Å². The predicted octanol–water partition coefficient (Wildman–Crippen LogP) is 32.7. The van der Waals surface area contributed by atoms with Crippen LogP contribution in [0.25, 0.3) is 109 Å². The molecule has 18 aromatic carbocycles. The molecule has 0 radical (unpaired) electrons. The molecule has 20 aromatic rings. The minimum atomic E-state index is 0.0413. The molecule has 584 valence electrons. The van der Waals surface area contributed by atoms with Crippen molar-refractivity contribution in [2.24, 2.45) is 0 Å². The normalized spacial score (nSPS) is 12.2. The van der Waals surface area contributed by atoms with Crippen LogP contribution in [0.1, 0.15) is 105 Å². The lowest BCUT2D eigenvalue weighted by atomic mass is 9.87. The number of fused-ring (bicyclic) bond motifs is 2. The number of rotatable bonds is 14. The molecule has 0 bridgehead atoms. The fourth-order valence-corrected chi connectivity index (χ4v) is 17.8. The van der Waals surface area contributed by atoms with E-state index < -0.39 is 0 Å². The van der Waals surface area contributed by atoms with Crippen molar-refractivity contribution in [3.8, 4) is 22.3 Å². The third kappa shape index (κ3) is 14.1. The Hall–Kier alpha value is -13.9. The van der Waals surface area contributed by atoms with Gasteiger partial charge in [0.25, 0.3) is 0 Å². The molecule has 0 amide bonds. The maximum Gasteiger partial charge on any atom is 0.0942 e. The predicted molar refractivity (Wildman–Crippen MR) is 515 cm³/mol. The summed E-state index contributed by atoms with van der Waals surface area (Å²) in [6.45, 7) is 27.3. The SMILES string of the molecule is CC(C)(C)c1ccc(N(c2ccc(-c3ccccc3)cc2)c2ccc3ccc4c(N(c5ccc(-c6ccccc6)cc5)c5ccc(C(C)(C)C)cc5)ccc5ccc2c3c54)cc1.CC(C)(C)c1ccc(N(c2ccc3ccc4c(N(c5ccc(C(C)(C)C)cc5)c5cccc6cccnc56)ccc5ccc2c3c54)c2cccc3cccnc23)cc1. The van der Waals surface area contributed by atoms with E-state index in [1.165, 1.54) is 109 Å². The number of hydrogen-bond acceptors (Lipinski definition) is 6. The molecule has 0 aliphatic carbocycles. The average molecular weight is 1550 g/mol. The van der Waals surface area contributed by atoms with Crippen LogP contribution in [-0.4, -0.2) is 9.97 Å². The topological polar surface area (TPSA) is 38.7 Å². The van der Waals surface area contributed by atoms with E-state index >= 15 is 0 Å². The molecule has 20 rings (SSSR count). The molecule has 0 N–H and O–H groups in total. The van der Waals surface area contributed by atoms with Gasteiger partial charge in [-0.2, -0.15) is 0 Å². The summed E-state index contributed by atoms with van der Waals surface area (Å²) in [4.78, 5) is 19.6. The Morgan fingerprint density at radius 2 is 0.408 bits per heavy atom. The molecule has 0 aliphatic heterocycles. The van der Waals surface area contributed by atoms with E-state index in [-0.39, 0.29) is 21.7 Å². The monoisotopic (exact) mass is 1550 g/mol. The van der Waals surface area contributed by atoms with Crippen molar-refractivity contribution in [2.75, 3.05) is 19.6 Å². The van der Waals surface area contributed by atoms with Gasteiger partial charge in [-0.3, -0.25) is 9.97 Å². The largest absolute Gasteiger partial charge is 0.310 e. The lowest BCUT2D eigenvalue weighted by molar-refractivity contribution is 0.590. The first kappa shape index (κ1) is 76.1. The molecule has 0 unspecified atom stereocenters. The molecule has 0 spiro atoms. The van der Waals surface area contributed by atoms with Gasteiger partial charge < -0.3 is 19.6 Å². The van der Waals surface area contributed by atoms with Gasteiger partial charge in [-0.05, 0) is 231 Å². The van der Waals surface area contributed by atoms with Crippen molar-refractivity contribution in [2.45, 2.75) is 105 Å². The number of benzene rings is 18. The van der Waals surface area contributed by atoms with Crippen molar-refractivity contribution in [1.82, 2.24) is 9.97 Å². The molecular weight excluding hydrogens is 1450 g/mol. The summed E-state index contributed by atoms with van der Waals surface area (Å²) >= 11 is 0. The molecule has 6 nitrogen and oxygen atoms in total. The summed E-state index contributed by atoms with van der Waals surface area (Å²) in [5, 5.41) is 17.0. The highest BCUT2D eigenvalue weighted by Gasteiger charge is 2.29. The van der Waals surface area contributed by atoms with Crippen LogP contribution in [0.2, 0.25) is 0 Å². The van der Waals surface area contributed by atoms with Crippen LogP contribution in [0.5, 0.6) is 0 Å². The summed E-state index contributed by atoms with van der Waals surface area (Å²) in [7, 11) is 0. The molecule has 2 heterocycles. The number of anilines is 12. The second-order valence-electron chi connectivity index (χ2n) is 36.2. The second-order valence-corrected chi connectivity index (χ2v) is 36.2. The van der Waals surface area contributed by atoms with Gasteiger partial charge in [-0.25, -0.2) is 0 Å². The van der Waals surface area contributed by atoms with E-state index in [4.69, 9.17) is 9.97 Å². The lowest BCUT2D eigenvalue weighted by Crippen LogP contribution is -2.14. The summed E-state index contributed by atoms with van der Waals surface area (Å²) in [6.07, 6.45) is 3.79. The van der Waals surface area contributed by atoms with E-state index in [0.717, 1.165) is 90.1 Å². The number of pyridine rings is 2. The standard InChI is InChI=1S/C60H52N2.C54H46N4/c1-59(2,3)47-25-33-51(34-26-47)61(49-29-17-43(18-30-49)41-13-9-7-10-14-41)55-39-23-45-22-38-54-56(40-24-46-21-37-53(55)57(45)58(46)54)62(52-35-27-48(28-36-52)60(4,5)6)50-31-19-44(20-32-50)42-15-11-8-12-16-42;1-53(2,3)39-21-25-41(26-22-39)57(47-15-7-11-37-13-9-33-55-51(37)47)45-31-19-35-18-30-44-46(32-20-36-17-29-43(45)49(35)50(36)44)58(42-27-23-40(24-28-42)54(4,5)6)48-16-8-12-38-14-10-34-56-52(38)48/h7-40H,1-6H3;7-34H,1-6H3. The molecule has 0 aliphatic rings. The van der Waals surface area contributed by atoms with E-state index in [1.54, 1.807) is 0 Å². The van der Waals surface area contributed by atoms with Gasteiger partial charge in [0.05, 0.1) is 45.2 Å². The van der Waals surface area contributed by atoms with Crippen LogP contribution in [0, 0.1) is 0 Å². The van der Waals surface area contributed by atoms with Gasteiger partial charge in [-0.15, -0.1) is 0 Å². The quantitative estimate of drug-likeness (QED) is 0.101. The van der Waals surface area contributed by atoms with Gasteiger partial charge >= 0.3 is 0 Å². The van der Waals surface area contributed by atoms with E-state index in [1.807, 2.05) is 24.5 Å². The average Bonchev–Trinajstić information content (AvgIpc) is 0.707. The molecule has 0 saturated carbocycles. The van der Waals surface area contributed by atoms with Crippen LogP contribution in [0.15, 0.2) is 376 Å². The van der Waals surface area contributed by atoms with Crippen molar-refractivity contribution >= 4 is 155 Å². The van der Waals surface area contributed by atoms with Gasteiger partial charge in [0.15, 0.2) is 0 Å². The molecule has 120 heavy (non-hydrogen) atoms. The summed E-state index contributed by atoms with van der Waals surface area (Å²) < 4.78 is 0. The number of aromatic nitrogens is 2. The fraction of sp³-hybridized carbons (Fsp3) is 0.140. The van der Waals surface area contributed by atoms with Crippen LogP contribution in [0.3, 0.4) is 0 Å². The van der Waals surface area contributed by atoms with Crippen molar-refractivity contribution < 1.29 is 0 Å². The van der Waals surface area contributed by atoms with Crippen LogP contribution >= 0.6 is 0 Å². The van der Waals surface area contributed by atoms with Crippen molar-refractivity contribution in [3.05, 3.63) is 399 Å². The maximum atomic E-state index is 4.95. The second kappa shape index (κ2) is 30.2. The van der Waals surface area contributed by atoms with Gasteiger partial charge in [0.2, 0.25) is 0 Å². The third-order valence-electron chi connectivity index (χ3n) is 24.3. The molecule has 0 fully saturated rings. The molecule has 0 saturated heterocycles. The first-order valence-corrected chi connectivity index (χ1v) is 42.1. The summed E-state index contributed by atoms with van der Waals surface area (Å²) in [6, 6.07) is 134. The van der Waals surface area contributed by atoms with Gasteiger partial charge in [-0.1, -0.05) is 326 Å². The fourth-order valence-electron chi connectivity index (χ4n) is 17.8. The zero-order valence-electron chi connectivity index (χ0n) is 70.5. The Balaban J connectivity index is 0.000000159. The Kier molecular flexibility index (Phi) is 19.1. The molecule has 2 aromatic heterocycles. The highest BCUT2D eigenvalue weighted by Crippen LogP contribution is 2.52. The minimum Gasteiger partial charge on any atom is -0.310 e. The molecule has 6 heteroatoms. The summed E-state index contributed by atoms with van der Waals surface area (Å²) in [5.41, 5.74) is 25.5. The Labute approximate surface area is 705 Å². The highest BCUT2D eigenvalue weighted by atomic mass is 15.2. The van der Waals surface area contributed by atoms with E-state index in [2.05, 4.69) is 455 Å². The van der Waals surface area contributed by atoms with Crippen molar-refractivity contribution in [3.63, 3.8) is 0 Å². The highest BCUT2D eigenvalue weighted by molar-refractivity contribution is 6.30. The van der Waals surface area contributed by atoms with Crippen molar-refractivity contribution in [1.29, 1.82) is 0 Å².